The zero-order valence-corrected chi connectivity index (χ0v) is 9.31. The molecule has 0 bridgehead atoms. The number of carbonyl (C=O) groups is 2. The minimum atomic E-state index is -1.08. The monoisotopic (exact) mass is 249 g/mol. The SMILES string of the molecule is O=C(O)C1=CS[C@H]2/C(=C\c3ccco3)C(=O)N12. The number of thioether (sulfide) groups is 1. The van der Waals surface area contributed by atoms with Gasteiger partial charge in [0.15, 0.2) is 0 Å². The summed E-state index contributed by atoms with van der Waals surface area (Å²) in [5.41, 5.74) is 0.610. The molecule has 2 aliphatic heterocycles. The molecule has 0 aliphatic carbocycles. The summed E-state index contributed by atoms with van der Waals surface area (Å²) in [7, 11) is 0. The Morgan fingerprint density at radius 1 is 1.59 bits per heavy atom. The fraction of sp³-hybridized carbons (Fsp3) is 0.0909. The highest BCUT2D eigenvalue weighted by Gasteiger charge is 2.49. The van der Waals surface area contributed by atoms with Crippen molar-refractivity contribution in [2.24, 2.45) is 0 Å². The van der Waals surface area contributed by atoms with Crippen molar-refractivity contribution in [2.45, 2.75) is 5.37 Å². The Labute approximate surface area is 100 Å². The predicted molar refractivity (Wildman–Crippen MR) is 60.6 cm³/mol. The van der Waals surface area contributed by atoms with Crippen LogP contribution in [0.3, 0.4) is 0 Å². The molecule has 3 heterocycles. The van der Waals surface area contributed by atoms with E-state index in [1.165, 1.54) is 28.3 Å². The van der Waals surface area contributed by atoms with Gasteiger partial charge >= 0.3 is 5.97 Å². The first-order valence-electron chi connectivity index (χ1n) is 4.86. The van der Waals surface area contributed by atoms with Gasteiger partial charge in [-0.1, -0.05) is 0 Å². The maximum absolute atomic E-state index is 11.8. The van der Waals surface area contributed by atoms with Gasteiger partial charge in [-0.3, -0.25) is 9.69 Å². The van der Waals surface area contributed by atoms with Crippen molar-refractivity contribution < 1.29 is 19.1 Å². The molecule has 5 nitrogen and oxygen atoms in total. The van der Waals surface area contributed by atoms with E-state index < -0.39 is 5.97 Å². The number of fused-ring (bicyclic) bond motifs is 1. The van der Waals surface area contributed by atoms with E-state index in [9.17, 15) is 9.59 Å². The molecule has 1 N–H and O–H groups in total. The Balaban J connectivity index is 1.87. The molecule has 2 aliphatic rings. The van der Waals surface area contributed by atoms with Crippen molar-refractivity contribution in [3.05, 3.63) is 40.8 Å². The third kappa shape index (κ3) is 1.41. The number of carboxylic acid groups (broad SMARTS) is 1. The molecule has 1 atom stereocenters. The number of nitrogens with zero attached hydrogens (tertiary/aromatic N) is 1. The van der Waals surface area contributed by atoms with E-state index in [0.717, 1.165) is 0 Å². The Kier molecular flexibility index (Phi) is 2.12. The number of hydrogen-bond donors (Lipinski definition) is 1. The summed E-state index contributed by atoms with van der Waals surface area (Å²) in [6.45, 7) is 0. The van der Waals surface area contributed by atoms with Gasteiger partial charge in [0.25, 0.3) is 5.91 Å². The van der Waals surface area contributed by atoms with Crippen molar-refractivity contribution in [1.82, 2.24) is 4.90 Å². The number of furan rings is 1. The Morgan fingerprint density at radius 2 is 2.41 bits per heavy atom. The van der Waals surface area contributed by atoms with E-state index in [1.807, 2.05) is 0 Å². The molecule has 0 aromatic carbocycles. The van der Waals surface area contributed by atoms with E-state index in [2.05, 4.69) is 0 Å². The van der Waals surface area contributed by atoms with Crippen LogP contribution in [0.2, 0.25) is 0 Å². The molecular formula is C11H7NO4S. The molecule has 86 valence electrons. The van der Waals surface area contributed by atoms with E-state index in [-0.39, 0.29) is 17.0 Å². The van der Waals surface area contributed by atoms with Gasteiger partial charge in [0.2, 0.25) is 0 Å². The fourth-order valence-electron chi connectivity index (χ4n) is 1.79. The summed E-state index contributed by atoms with van der Waals surface area (Å²) < 4.78 is 5.12. The van der Waals surface area contributed by atoms with E-state index >= 15 is 0 Å². The van der Waals surface area contributed by atoms with E-state index in [0.29, 0.717) is 11.3 Å². The van der Waals surface area contributed by atoms with Crippen molar-refractivity contribution in [3.63, 3.8) is 0 Å². The molecule has 1 aromatic heterocycles. The van der Waals surface area contributed by atoms with Crippen molar-refractivity contribution in [2.75, 3.05) is 0 Å². The van der Waals surface area contributed by atoms with Crippen LogP contribution in [0.25, 0.3) is 6.08 Å². The quantitative estimate of drug-likeness (QED) is 0.635. The lowest BCUT2D eigenvalue weighted by Crippen LogP contribution is -2.51. The highest BCUT2D eigenvalue weighted by Crippen LogP contribution is 2.44. The summed E-state index contributed by atoms with van der Waals surface area (Å²) in [5, 5.41) is 10.2. The number of aliphatic carboxylic acids is 1. The molecular weight excluding hydrogens is 242 g/mol. The number of carbonyl (C=O) groups excluding carboxylic acids is 1. The van der Waals surface area contributed by atoms with Gasteiger partial charge in [0.1, 0.15) is 16.8 Å². The van der Waals surface area contributed by atoms with Crippen LogP contribution in [-0.4, -0.2) is 27.3 Å². The number of hydrogen-bond acceptors (Lipinski definition) is 4. The summed E-state index contributed by atoms with van der Waals surface area (Å²) in [6.07, 6.45) is 3.17. The Morgan fingerprint density at radius 3 is 3.06 bits per heavy atom. The summed E-state index contributed by atoms with van der Waals surface area (Å²) in [6, 6.07) is 3.48. The third-order valence-electron chi connectivity index (χ3n) is 2.59. The standard InChI is InChI=1S/C11H7NO4S/c13-9-7(4-6-2-1-3-16-6)10-12(9)8(5-17-10)11(14)15/h1-5,10H,(H,14,15)/b7-4-/t10-/m0/s1. The zero-order valence-electron chi connectivity index (χ0n) is 8.49. The van der Waals surface area contributed by atoms with Gasteiger partial charge in [-0.05, 0) is 18.2 Å². The summed E-state index contributed by atoms with van der Waals surface area (Å²) in [5.74, 6) is -0.757. The lowest BCUT2D eigenvalue weighted by Gasteiger charge is -2.36. The number of rotatable bonds is 2. The second-order valence-corrected chi connectivity index (χ2v) is 4.54. The van der Waals surface area contributed by atoms with Gasteiger partial charge in [0.05, 0.1) is 11.8 Å². The Hall–Kier alpha value is -1.95. The molecule has 0 radical (unpaired) electrons. The highest BCUT2D eigenvalue weighted by molar-refractivity contribution is 8.03. The van der Waals surface area contributed by atoms with Crippen LogP contribution in [0.15, 0.2) is 39.5 Å². The number of β-lactam (4-membered cyclic amide) rings is 1. The first-order chi connectivity index (χ1) is 8.18. The second kappa shape index (κ2) is 3.53. The average molecular weight is 249 g/mol. The van der Waals surface area contributed by atoms with Crippen LogP contribution < -0.4 is 0 Å². The molecule has 0 unspecified atom stereocenters. The van der Waals surface area contributed by atoms with Gasteiger partial charge in [-0.2, -0.15) is 0 Å². The fourth-order valence-corrected chi connectivity index (χ4v) is 2.91. The number of carboxylic acids is 1. The van der Waals surface area contributed by atoms with E-state index in [1.54, 1.807) is 18.2 Å². The first-order valence-corrected chi connectivity index (χ1v) is 5.80. The Bertz CT molecular complexity index is 558. The maximum atomic E-state index is 11.8. The predicted octanol–water partition coefficient (Wildman–Crippen LogP) is 1.50. The van der Waals surface area contributed by atoms with Gasteiger partial charge in [-0.15, -0.1) is 11.8 Å². The van der Waals surface area contributed by atoms with Crippen molar-refractivity contribution in [1.29, 1.82) is 0 Å². The minimum Gasteiger partial charge on any atom is -0.477 e. The van der Waals surface area contributed by atoms with Crippen LogP contribution in [0, 0.1) is 0 Å². The van der Waals surface area contributed by atoms with Crippen LogP contribution in [0.1, 0.15) is 5.76 Å². The average Bonchev–Trinajstić information content (AvgIpc) is 2.93. The molecule has 0 spiro atoms. The molecule has 1 amide bonds. The van der Waals surface area contributed by atoms with Crippen LogP contribution in [0.5, 0.6) is 0 Å². The molecule has 17 heavy (non-hydrogen) atoms. The van der Waals surface area contributed by atoms with Crippen LogP contribution in [-0.2, 0) is 9.59 Å². The van der Waals surface area contributed by atoms with Crippen molar-refractivity contribution in [3.8, 4) is 0 Å². The summed E-state index contributed by atoms with van der Waals surface area (Å²) in [4.78, 5) is 23.9. The molecule has 1 saturated heterocycles. The molecule has 6 heteroatoms. The lowest BCUT2D eigenvalue weighted by molar-refractivity contribution is -0.141. The maximum Gasteiger partial charge on any atom is 0.353 e. The van der Waals surface area contributed by atoms with Gasteiger partial charge in [0, 0.05) is 5.41 Å². The van der Waals surface area contributed by atoms with Gasteiger partial charge in [-0.25, -0.2) is 4.79 Å². The summed E-state index contributed by atoms with van der Waals surface area (Å²) >= 11 is 1.31. The lowest BCUT2D eigenvalue weighted by atomic mass is 10.0. The van der Waals surface area contributed by atoms with Crippen LogP contribution in [0.4, 0.5) is 0 Å². The molecule has 1 fully saturated rings. The second-order valence-electron chi connectivity index (χ2n) is 3.59. The third-order valence-corrected chi connectivity index (χ3v) is 3.68. The van der Waals surface area contributed by atoms with Gasteiger partial charge < -0.3 is 9.52 Å². The first kappa shape index (κ1) is 10.2. The van der Waals surface area contributed by atoms with Crippen molar-refractivity contribution >= 4 is 29.7 Å². The molecule has 1 aromatic rings. The number of amides is 1. The van der Waals surface area contributed by atoms with Crippen LogP contribution >= 0.6 is 11.8 Å². The molecule has 3 rings (SSSR count). The highest BCUT2D eigenvalue weighted by atomic mass is 32.2. The smallest absolute Gasteiger partial charge is 0.353 e. The normalized spacial score (nSPS) is 24.6. The minimum absolute atomic E-state index is 0.0431. The molecule has 0 saturated carbocycles. The van der Waals surface area contributed by atoms with E-state index in [4.69, 9.17) is 9.52 Å². The topological polar surface area (TPSA) is 70.7 Å². The zero-order chi connectivity index (χ0) is 12.0. The largest absolute Gasteiger partial charge is 0.477 e.